The van der Waals surface area contributed by atoms with Gasteiger partial charge in [-0.15, -0.1) is 0 Å². The van der Waals surface area contributed by atoms with Crippen LogP contribution < -0.4 is 4.74 Å². The van der Waals surface area contributed by atoms with Gasteiger partial charge in [0.25, 0.3) is 0 Å². The quantitative estimate of drug-likeness (QED) is 0.770. The minimum absolute atomic E-state index is 0.420. The summed E-state index contributed by atoms with van der Waals surface area (Å²) in [5.41, 5.74) is 2.43. The van der Waals surface area contributed by atoms with Crippen molar-refractivity contribution in [2.24, 2.45) is 0 Å². The van der Waals surface area contributed by atoms with Gasteiger partial charge in [0.1, 0.15) is 24.1 Å². The molecule has 0 saturated carbocycles. The topological polar surface area (TPSA) is 55.1 Å². The van der Waals surface area contributed by atoms with Gasteiger partial charge in [-0.25, -0.2) is 4.98 Å². The fourth-order valence-electron chi connectivity index (χ4n) is 1.62. The van der Waals surface area contributed by atoms with E-state index in [4.69, 9.17) is 14.7 Å². The minimum atomic E-state index is 0.420. The second-order valence-corrected chi connectivity index (χ2v) is 3.91. The van der Waals surface area contributed by atoms with Gasteiger partial charge in [0.2, 0.25) is 0 Å². The monoisotopic (exact) mass is 254 g/mol. The Morgan fingerprint density at radius 3 is 2.37 bits per heavy atom. The Morgan fingerprint density at radius 2 is 1.79 bits per heavy atom. The van der Waals surface area contributed by atoms with Gasteiger partial charge in [-0.2, -0.15) is 5.26 Å². The second kappa shape index (κ2) is 6.53. The summed E-state index contributed by atoms with van der Waals surface area (Å²) in [6.45, 7) is 1.11. The molecule has 0 fully saturated rings. The number of rotatable bonds is 5. The summed E-state index contributed by atoms with van der Waals surface area (Å²) in [7, 11) is 1.64. The molecule has 1 heterocycles. The molecule has 0 aliphatic rings. The van der Waals surface area contributed by atoms with Gasteiger partial charge in [-0.3, -0.25) is 0 Å². The van der Waals surface area contributed by atoms with E-state index in [1.54, 1.807) is 19.4 Å². The Morgan fingerprint density at radius 1 is 1.05 bits per heavy atom. The zero-order valence-corrected chi connectivity index (χ0v) is 10.7. The maximum Gasteiger partial charge on any atom is 0.140 e. The average molecular weight is 254 g/mol. The summed E-state index contributed by atoms with van der Waals surface area (Å²) in [4.78, 5) is 4.05. The van der Waals surface area contributed by atoms with Gasteiger partial charge >= 0.3 is 0 Å². The number of hydrogen-bond acceptors (Lipinski definition) is 4. The van der Waals surface area contributed by atoms with Crippen LogP contribution >= 0.6 is 0 Å². The normalized spacial score (nSPS) is 9.89. The first-order chi connectivity index (χ1) is 9.33. The predicted molar refractivity (Wildman–Crippen MR) is 71.8 cm³/mol. The first-order valence-corrected chi connectivity index (χ1v) is 5.92. The van der Waals surface area contributed by atoms with E-state index in [1.165, 1.54) is 0 Å². The standard InChI is InChI=1S/C15H14N2O2/c1-18-8-9-19-15-6-3-12(4-7-15)13-2-5-14(10-16)17-11-13/h2-7,11H,8-9H2,1H3. The molecule has 0 amide bonds. The van der Waals surface area contributed by atoms with Gasteiger partial charge in [0.15, 0.2) is 0 Å². The lowest BCUT2D eigenvalue weighted by Gasteiger charge is -2.06. The third-order valence-electron chi connectivity index (χ3n) is 2.62. The van der Waals surface area contributed by atoms with Crippen LogP contribution in [0, 0.1) is 11.3 Å². The van der Waals surface area contributed by atoms with Crippen molar-refractivity contribution in [3.05, 3.63) is 48.3 Å². The van der Waals surface area contributed by atoms with E-state index in [0.29, 0.717) is 18.9 Å². The van der Waals surface area contributed by atoms with Crippen LogP contribution in [0.4, 0.5) is 0 Å². The van der Waals surface area contributed by atoms with E-state index in [1.807, 2.05) is 36.4 Å². The van der Waals surface area contributed by atoms with Crippen LogP contribution in [0.25, 0.3) is 11.1 Å². The van der Waals surface area contributed by atoms with Crippen molar-refractivity contribution in [1.29, 1.82) is 5.26 Å². The number of nitriles is 1. The van der Waals surface area contributed by atoms with Gasteiger partial charge in [0.05, 0.1) is 6.61 Å². The maximum absolute atomic E-state index is 8.70. The Bertz CT molecular complexity index is 556. The highest BCUT2D eigenvalue weighted by molar-refractivity contribution is 5.63. The van der Waals surface area contributed by atoms with E-state index in [2.05, 4.69) is 4.98 Å². The number of nitrogens with zero attached hydrogens (tertiary/aromatic N) is 2. The van der Waals surface area contributed by atoms with E-state index < -0.39 is 0 Å². The van der Waals surface area contributed by atoms with Gasteiger partial charge in [-0.05, 0) is 29.8 Å². The Hall–Kier alpha value is -2.38. The molecule has 0 bridgehead atoms. The Balaban J connectivity index is 2.07. The summed E-state index contributed by atoms with van der Waals surface area (Å²) in [6.07, 6.45) is 1.69. The zero-order chi connectivity index (χ0) is 13.5. The number of hydrogen-bond donors (Lipinski definition) is 0. The molecule has 4 heteroatoms. The molecule has 2 rings (SSSR count). The molecule has 0 radical (unpaired) electrons. The molecule has 4 nitrogen and oxygen atoms in total. The fraction of sp³-hybridized carbons (Fsp3) is 0.200. The third-order valence-corrected chi connectivity index (χ3v) is 2.62. The smallest absolute Gasteiger partial charge is 0.140 e. The van der Waals surface area contributed by atoms with Crippen molar-refractivity contribution in [3.8, 4) is 22.9 Å². The first kappa shape index (κ1) is 13.1. The predicted octanol–water partition coefficient (Wildman–Crippen LogP) is 2.65. The van der Waals surface area contributed by atoms with Crippen LogP contribution in [-0.2, 0) is 4.74 Å². The third kappa shape index (κ3) is 3.54. The molecule has 0 saturated heterocycles. The lowest BCUT2D eigenvalue weighted by molar-refractivity contribution is 0.146. The van der Waals surface area contributed by atoms with Gasteiger partial charge in [0, 0.05) is 18.9 Å². The SMILES string of the molecule is COCCOc1ccc(-c2ccc(C#N)nc2)cc1. The Kier molecular flexibility index (Phi) is 4.49. The highest BCUT2D eigenvalue weighted by Gasteiger charge is 2.00. The molecule has 0 unspecified atom stereocenters. The van der Waals surface area contributed by atoms with Crippen molar-refractivity contribution < 1.29 is 9.47 Å². The summed E-state index contributed by atoms with van der Waals surface area (Å²) in [5.74, 6) is 0.808. The van der Waals surface area contributed by atoms with Crippen LogP contribution in [0.15, 0.2) is 42.6 Å². The van der Waals surface area contributed by atoms with E-state index in [9.17, 15) is 0 Å². The van der Waals surface area contributed by atoms with Crippen LogP contribution in [-0.4, -0.2) is 25.3 Å². The molecule has 1 aromatic carbocycles. The molecule has 2 aromatic rings. The van der Waals surface area contributed by atoms with Gasteiger partial charge in [-0.1, -0.05) is 12.1 Å². The van der Waals surface area contributed by atoms with Crippen LogP contribution in [0.5, 0.6) is 5.75 Å². The molecular weight excluding hydrogens is 240 g/mol. The van der Waals surface area contributed by atoms with E-state index >= 15 is 0 Å². The summed E-state index contributed by atoms with van der Waals surface area (Å²) in [5, 5.41) is 8.70. The molecule has 0 N–H and O–H groups in total. The van der Waals surface area contributed by atoms with E-state index in [0.717, 1.165) is 16.9 Å². The van der Waals surface area contributed by atoms with Crippen molar-refractivity contribution in [2.75, 3.05) is 20.3 Å². The van der Waals surface area contributed by atoms with Crippen LogP contribution in [0.1, 0.15) is 5.69 Å². The van der Waals surface area contributed by atoms with E-state index in [-0.39, 0.29) is 0 Å². The largest absolute Gasteiger partial charge is 0.491 e. The van der Waals surface area contributed by atoms with Crippen molar-refractivity contribution in [1.82, 2.24) is 4.98 Å². The first-order valence-electron chi connectivity index (χ1n) is 5.92. The number of ether oxygens (including phenoxy) is 2. The Labute approximate surface area is 112 Å². The molecule has 0 atom stereocenters. The highest BCUT2D eigenvalue weighted by atomic mass is 16.5. The van der Waals surface area contributed by atoms with Gasteiger partial charge < -0.3 is 9.47 Å². The van der Waals surface area contributed by atoms with Crippen molar-refractivity contribution in [3.63, 3.8) is 0 Å². The number of pyridine rings is 1. The number of methoxy groups -OCH3 is 1. The highest BCUT2D eigenvalue weighted by Crippen LogP contribution is 2.21. The second-order valence-electron chi connectivity index (χ2n) is 3.91. The number of benzene rings is 1. The van der Waals surface area contributed by atoms with Crippen LogP contribution in [0.3, 0.4) is 0 Å². The van der Waals surface area contributed by atoms with Crippen LogP contribution in [0.2, 0.25) is 0 Å². The molecule has 0 aliphatic heterocycles. The number of aromatic nitrogens is 1. The minimum Gasteiger partial charge on any atom is -0.491 e. The molecule has 19 heavy (non-hydrogen) atoms. The summed E-state index contributed by atoms with van der Waals surface area (Å²) in [6, 6.07) is 13.3. The summed E-state index contributed by atoms with van der Waals surface area (Å²) >= 11 is 0. The lowest BCUT2D eigenvalue weighted by Crippen LogP contribution is -2.03. The summed E-state index contributed by atoms with van der Waals surface area (Å²) < 4.78 is 10.4. The molecular formula is C15H14N2O2. The molecule has 0 spiro atoms. The van der Waals surface area contributed by atoms with Crippen molar-refractivity contribution >= 4 is 0 Å². The molecule has 1 aromatic heterocycles. The average Bonchev–Trinajstić information content (AvgIpc) is 2.48. The van der Waals surface area contributed by atoms with Crippen molar-refractivity contribution in [2.45, 2.75) is 0 Å². The zero-order valence-electron chi connectivity index (χ0n) is 10.7. The fourth-order valence-corrected chi connectivity index (χ4v) is 1.62. The lowest BCUT2D eigenvalue weighted by atomic mass is 10.1. The maximum atomic E-state index is 8.70. The molecule has 96 valence electrons. The molecule has 0 aliphatic carbocycles.